The zero-order valence-electron chi connectivity index (χ0n) is 10.2. The molecule has 1 aromatic heterocycles. The van der Waals surface area contributed by atoms with Gasteiger partial charge >= 0.3 is 0 Å². The lowest BCUT2D eigenvalue weighted by atomic mass is 9.62. The number of anilines is 1. The van der Waals surface area contributed by atoms with Gasteiger partial charge in [-0.2, -0.15) is 0 Å². The van der Waals surface area contributed by atoms with Crippen molar-refractivity contribution in [1.82, 2.24) is 4.98 Å². The molecular formula is C12H15N3O3. The molecule has 0 amide bonds. The van der Waals surface area contributed by atoms with Gasteiger partial charge < -0.3 is 9.64 Å². The molecule has 0 aromatic carbocycles. The molecule has 2 heterocycles. The average Bonchev–Trinajstić information content (AvgIpc) is 2.26. The van der Waals surface area contributed by atoms with Crippen LogP contribution in [0.1, 0.15) is 12.8 Å². The molecule has 0 atom stereocenters. The molecule has 1 aliphatic heterocycles. The van der Waals surface area contributed by atoms with E-state index in [2.05, 4.69) is 9.88 Å². The largest absolute Gasteiger partial charge is 0.381 e. The normalized spacial score (nSPS) is 21.5. The fourth-order valence-electron chi connectivity index (χ4n) is 2.93. The van der Waals surface area contributed by atoms with Crippen molar-refractivity contribution in [2.45, 2.75) is 18.9 Å². The standard InChI is InChI=1S/C12H15N3O3/c1-18-10-4-12(5-10)7-14(8-12)11-3-2-9(6-13-11)15(16)17/h2-3,6,10H,4-5,7-8H2,1H3. The van der Waals surface area contributed by atoms with Crippen LogP contribution in [-0.4, -0.2) is 36.2 Å². The molecule has 6 nitrogen and oxygen atoms in total. The number of ether oxygens (including phenoxy) is 1. The summed E-state index contributed by atoms with van der Waals surface area (Å²) in [4.78, 5) is 16.4. The van der Waals surface area contributed by atoms with Gasteiger partial charge in [-0.1, -0.05) is 0 Å². The number of methoxy groups -OCH3 is 1. The molecule has 1 aliphatic carbocycles. The number of nitrogens with zero attached hydrogens (tertiary/aromatic N) is 3. The molecule has 1 aromatic rings. The minimum absolute atomic E-state index is 0.0390. The second-order valence-corrected chi connectivity index (χ2v) is 5.25. The monoisotopic (exact) mass is 249 g/mol. The Morgan fingerprint density at radius 1 is 1.50 bits per heavy atom. The maximum absolute atomic E-state index is 10.5. The van der Waals surface area contributed by atoms with E-state index in [1.807, 2.05) is 0 Å². The second-order valence-electron chi connectivity index (χ2n) is 5.25. The van der Waals surface area contributed by atoms with Crippen LogP contribution < -0.4 is 4.90 Å². The molecular weight excluding hydrogens is 234 g/mol. The van der Waals surface area contributed by atoms with Gasteiger partial charge in [0.1, 0.15) is 12.0 Å². The predicted molar refractivity (Wildman–Crippen MR) is 65.6 cm³/mol. The molecule has 2 aliphatic rings. The number of rotatable bonds is 3. The first-order chi connectivity index (χ1) is 8.62. The first-order valence-electron chi connectivity index (χ1n) is 6.00. The van der Waals surface area contributed by atoms with Gasteiger partial charge in [0.25, 0.3) is 5.69 Å². The Morgan fingerprint density at radius 2 is 2.22 bits per heavy atom. The zero-order chi connectivity index (χ0) is 12.8. The summed E-state index contributed by atoms with van der Waals surface area (Å²) < 4.78 is 5.29. The molecule has 6 heteroatoms. The van der Waals surface area contributed by atoms with Crippen molar-refractivity contribution in [3.63, 3.8) is 0 Å². The highest BCUT2D eigenvalue weighted by Gasteiger charge is 2.52. The van der Waals surface area contributed by atoms with E-state index in [0.29, 0.717) is 11.5 Å². The third-order valence-corrected chi connectivity index (χ3v) is 3.97. The van der Waals surface area contributed by atoms with E-state index in [1.165, 1.54) is 12.3 Å². The minimum atomic E-state index is -0.427. The summed E-state index contributed by atoms with van der Waals surface area (Å²) in [5, 5.41) is 10.5. The van der Waals surface area contributed by atoms with Gasteiger partial charge in [-0.05, 0) is 18.9 Å². The number of aromatic nitrogens is 1. The van der Waals surface area contributed by atoms with Crippen molar-refractivity contribution >= 4 is 11.5 Å². The van der Waals surface area contributed by atoms with E-state index in [0.717, 1.165) is 31.7 Å². The highest BCUT2D eigenvalue weighted by atomic mass is 16.6. The van der Waals surface area contributed by atoms with Crippen LogP contribution >= 0.6 is 0 Å². The van der Waals surface area contributed by atoms with Crippen LogP contribution in [0.5, 0.6) is 0 Å². The first-order valence-corrected chi connectivity index (χ1v) is 6.00. The quantitative estimate of drug-likeness (QED) is 0.601. The first kappa shape index (κ1) is 11.4. The SMILES string of the molecule is COC1CC2(C1)CN(c1ccc([N+](=O)[O-])cn1)C2. The van der Waals surface area contributed by atoms with Gasteiger partial charge in [0.15, 0.2) is 0 Å². The Balaban J connectivity index is 1.60. The van der Waals surface area contributed by atoms with E-state index in [-0.39, 0.29) is 5.69 Å². The van der Waals surface area contributed by atoms with Gasteiger partial charge in [0.05, 0.1) is 11.0 Å². The van der Waals surface area contributed by atoms with E-state index in [1.54, 1.807) is 13.2 Å². The third kappa shape index (κ3) is 1.73. The van der Waals surface area contributed by atoms with E-state index < -0.39 is 4.92 Å². The Hall–Kier alpha value is -1.69. The van der Waals surface area contributed by atoms with Gasteiger partial charge in [0.2, 0.25) is 0 Å². The van der Waals surface area contributed by atoms with Crippen molar-refractivity contribution in [1.29, 1.82) is 0 Å². The van der Waals surface area contributed by atoms with Gasteiger partial charge in [-0.3, -0.25) is 10.1 Å². The number of hydrogen-bond acceptors (Lipinski definition) is 5. The third-order valence-electron chi connectivity index (χ3n) is 3.97. The van der Waals surface area contributed by atoms with E-state index >= 15 is 0 Å². The Bertz CT molecular complexity index is 460. The molecule has 18 heavy (non-hydrogen) atoms. The summed E-state index contributed by atoms with van der Waals surface area (Å²) in [5.74, 6) is 0.826. The molecule has 2 fully saturated rings. The zero-order valence-corrected chi connectivity index (χ0v) is 10.2. The number of hydrogen-bond donors (Lipinski definition) is 0. The van der Waals surface area contributed by atoms with Crippen LogP contribution in [0.3, 0.4) is 0 Å². The molecule has 1 saturated heterocycles. The molecule has 0 bridgehead atoms. The lowest BCUT2D eigenvalue weighted by Crippen LogP contribution is -2.64. The summed E-state index contributed by atoms with van der Waals surface area (Å²) in [6.07, 6.45) is 3.97. The molecule has 3 rings (SSSR count). The Morgan fingerprint density at radius 3 is 2.72 bits per heavy atom. The molecule has 1 saturated carbocycles. The maximum Gasteiger partial charge on any atom is 0.287 e. The van der Waals surface area contributed by atoms with Gasteiger partial charge in [0, 0.05) is 31.7 Å². The van der Waals surface area contributed by atoms with Crippen LogP contribution in [0.15, 0.2) is 18.3 Å². The van der Waals surface area contributed by atoms with Crippen molar-refractivity contribution in [3.8, 4) is 0 Å². The molecule has 0 unspecified atom stereocenters. The number of nitro groups is 1. The lowest BCUT2D eigenvalue weighted by Gasteiger charge is -2.58. The van der Waals surface area contributed by atoms with Crippen LogP contribution in [0.25, 0.3) is 0 Å². The summed E-state index contributed by atoms with van der Waals surface area (Å²) in [6, 6.07) is 3.23. The van der Waals surface area contributed by atoms with Crippen LogP contribution in [-0.2, 0) is 4.74 Å². The molecule has 0 radical (unpaired) electrons. The van der Waals surface area contributed by atoms with Crippen LogP contribution in [0.4, 0.5) is 11.5 Å². The number of pyridine rings is 1. The van der Waals surface area contributed by atoms with Gasteiger partial charge in [-0.15, -0.1) is 0 Å². The van der Waals surface area contributed by atoms with Crippen molar-refractivity contribution in [3.05, 3.63) is 28.4 Å². The second kappa shape index (κ2) is 3.91. The smallest absolute Gasteiger partial charge is 0.287 e. The minimum Gasteiger partial charge on any atom is -0.381 e. The van der Waals surface area contributed by atoms with E-state index in [9.17, 15) is 10.1 Å². The molecule has 0 N–H and O–H groups in total. The van der Waals surface area contributed by atoms with Gasteiger partial charge in [-0.25, -0.2) is 4.98 Å². The highest BCUT2D eigenvalue weighted by molar-refractivity contribution is 5.46. The average molecular weight is 249 g/mol. The summed E-state index contributed by atoms with van der Waals surface area (Å²) in [5.41, 5.74) is 0.446. The van der Waals surface area contributed by atoms with E-state index in [4.69, 9.17) is 4.74 Å². The Labute approximate surface area is 105 Å². The van der Waals surface area contributed by atoms with Crippen molar-refractivity contribution < 1.29 is 9.66 Å². The van der Waals surface area contributed by atoms with Crippen molar-refractivity contribution in [2.75, 3.05) is 25.1 Å². The predicted octanol–water partition coefficient (Wildman–Crippen LogP) is 1.60. The lowest BCUT2D eigenvalue weighted by molar-refractivity contribution is -0.385. The fraction of sp³-hybridized carbons (Fsp3) is 0.583. The molecule has 1 spiro atoms. The van der Waals surface area contributed by atoms with Crippen molar-refractivity contribution in [2.24, 2.45) is 5.41 Å². The van der Waals surface area contributed by atoms with Crippen LogP contribution in [0.2, 0.25) is 0 Å². The summed E-state index contributed by atoms with van der Waals surface area (Å²) in [7, 11) is 1.76. The molecule has 96 valence electrons. The van der Waals surface area contributed by atoms with Crippen LogP contribution in [0, 0.1) is 15.5 Å². The summed E-state index contributed by atoms with van der Waals surface area (Å²) in [6.45, 7) is 1.97. The fourth-order valence-corrected chi connectivity index (χ4v) is 2.93. The summed E-state index contributed by atoms with van der Waals surface area (Å²) >= 11 is 0. The maximum atomic E-state index is 10.5. The Kier molecular flexibility index (Phi) is 2.48. The highest BCUT2D eigenvalue weighted by Crippen LogP contribution is 2.50. The topological polar surface area (TPSA) is 68.5 Å².